The van der Waals surface area contributed by atoms with Gasteiger partial charge >= 0.3 is 6.18 Å². The summed E-state index contributed by atoms with van der Waals surface area (Å²) in [6, 6.07) is 8.62. The van der Waals surface area contributed by atoms with E-state index < -0.39 is 17.6 Å². The number of carbonyl (C=O) groups is 1. The van der Waals surface area contributed by atoms with E-state index in [2.05, 4.69) is 5.32 Å². The molecular formula is C19H16F3NO2. The Bertz CT molecular complexity index is 971. The number of para-hydroxylation sites is 1. The molecule has 0 saturated carbocycles. The average molecular weight is 347 g/mol. The van der Waals surface area contributed by atoms with Gasteiger partial charge < -0.3 is 9.73 Å². The first-order valence-corrected chi connectivity index (χ1v) is 7.66. The zero-order chi connectivity index (χ0) is 18.4. The van der Waals surface area contributed by atoms with Gasteiger partial charge in [0.15, 0.2) is 5.76 Å². The summed E-state index contributed by atoms with van der Waals surface area (Å²) in [6.07, 6.45) is -4.56. The zero-order valence-electron chi connectivity index (χ0n) is 13.9. The molecule has 25 heavy (non-hydrogen) atoms. The van der Waals surface area contributed by atoms with Crippen molar-refractivity contribution in [3.05, 3.63) is 64.4 Å². The molecule has 1 amide bonds. The fourth-order valence-corrected chi connectivity index (χ4v) is 3.02. The van der Waals surface area contributed by atoms with Gasteiger partial charge in [0.05, 0.1) is 11.3 Å². The number of aryl methyl sites for hydroxylation is 3. The molecular weight excluding hydrogens is 331 g/mol. The summed E-state index contributed by atoms with van der Waals surface area (Å²) in [7, 11) is 0. The van der Waals surface area contributed by atoms with E-state index >= 15 is 0 Å². The molecule has 0 radical (unpaired) electrons. The van der Waals surface area contributed by atoms with Crippen molar-refractivity contribution >= 4 is 22.6 Å². The number of hydrogen-bond donors (Lipinski definition) is 1. The Labute approximate surface area is 142 Å². The van der Waals surface area contributed by atoms with Crippen molar-refractivity contribution in [3.8, 4) is 0 Å². The van der Waals surface area contributed by atoms with Gasteiger partial charge in [-0.2, -0.15) is 13.2 Å². The third-order valence-electron chi connectivity index (χ3n) is 4.06. The largest absolute Gasteiger partial charge is 0.451 e. The minimum atomic E-state index is -4.56. The molecule has 6 heteroatoms. The third kappa shape index (κ3) is 3.12. The van der Waals surface area contributed by atoms with Crippen molar-refractivity contribution in [3.63, 3.8) is 0 Å². The topological polar surface area (TPSA) is 42.2 Å². The lowest BCUT2D eigenvalue weighted by atomic mass is 10.0. The second-order valence-electron chi connectivity index (χ2n) is 6.01. The zero-order valence-corrected chi connectivity index (χ0v) is 13.9. The lowest BCUT2D eigenvalue weighted by Crippen LogP contribution is -2.16. The predicted octanol–water partition coefficient (Wildman–Crippen LogP) is 5.63. The van der Waals surface area contributed by atoms with Crippen LogP contribution < -0.4 is 5.32 Å². The van der Waals surface area contributed by atoms with Gasteiger partial charge in [-0.15, -0.1) is 0 Å². The lowest BCUT2D eigenvalue weighted by molar-refractivity contribution is -0.136. The van der Waals surface area contributed by atoms with Crippen LogP contribution in [0.3, 0.4) is 0 Å². The number of alkyl halides is 3. The van der Waals surface area contributed by atoms with E-state index in [-0.39, 0.29) is 11.4 Å². The van der Waals surface area contributed by atoms with Gasteiger partial charge in [0, 0.05) is 10.9 Å². The normalized spacial score (nSPS) is 11.8. The van der Waals surface area contributed by atoms with E-state index in [9.17, 15) is 18.0 Å². The number of carbonyl (C=O) groups excluding carboxylic acids is 1. The predicted molar refractivity (Wildman–Crippen MR) is 89.8 cm³/mol. The maximum Gasteiger partial charge on any atom is 0.418 e. The van der Waals surface area contributed by atoms with Crippen molar-refractivity contribution in [2.45, 2.75) is 26.9 Å². The quantitative estimate of drug-likeness (QED) is 0.653. The Morgan fingerprint density at radius 3 is 2.44 bits per heavy atom. The van der Waals surface area contributed by atoms with Crippen LogP contribution in [0.2, 0.25) is 0 Å². The third-order valence-corrected chi connectivity index (χ3v) is 4.06. The molecule has 1 heterocycles. The van der Waals surface area contributed by atoms with Gasteiger partial charge in [-0.05, 0) is 50.1 Å². The Hall–Kier alpha value is -2.76. The molecule has 0 aliphatic rings. The minimum absolute atomic E-state index is 0.0145. The minimum Gasteiger partial charge on any atom is -0.451 e. The molecule has 3 rings (SSSR count). The van der Waals surface area contributed by atoms with Crippen LogP contribution in [-0.4, -0.2) is 5.91 Å². The van der Waals surface area contributed by atoms with Crippen molar-refractivity contribution in [2.24, 2.45) is 0 Å². The van der Waals surface area contributed by atoms with Crippen LogP contribution in [0, 0.1) is 20.8 Å². The molecule has 0 unspecified atom stereocenters. The highest BCUT2D eigenvalue weighted by Gasteiger charge is 2.34. The molecule has 0 saturated heterocycles. The lowest BCUT2D eigenvalue weighted by Gasteiger charge is -2.13. The van der Waals surface area contributed by atoms with E-state index in [1.165, 1.54) is 18.2 Å². The fourth-order valence-electron chi connectivity index (χ4n) is 3.02. The highest BCUT2D eigenvalue weighted by molar-refractivity contribution is 6.07. The SMILES string of the molecule is Cc1cc(C)c2c(C)c(C(=O)Nc3ccccc3C(F)(F)F)oc2c1. The Morgan fingerprint density at radius 2 is 1.76 bits per heavy atom. The van der Waals surface area contributed by atoms with Gasteiger partial charge in [-0.1, -0.05) is 18.2 Å². The van der Waals surface area contributed by atoms with E-state index in [0.29, 0.717) is 11.1 Å². The summed E-state index contributed by atoms with van der Waals surface area (Å²) in [4.78, 5) is 12.5. The summed E-state index contributed by atoms with van der Waals surface area (Å²) in [5.74, 6) is -0.692. The number of nitrogens with one attached hydrogen (secondary N) is 1. The van der Waals surface area contributed by atoms with E-state index in [1.54, 1.807) is 13.0 Å². The Morgan fingerprint density at radius 1 is 1.08 bits per heavy atom. The summed E-state index contributed by atoms with van der Waals surface area (Å²) in [5, 5.41) is 3.12. The van der Waals surface area contributed by atoms with Crippen LogP contribution in [0.4, 0.5) is 18.9 Å². The van der Waals surface area contributed by atoms with Crippen molar-refractivity contribution in [1.29, 1.82) is 0 Å². The van der Waals surface area contributed by atoms with Crippen LogP contribution >= 0.6 is 0 Å². The monoisotopic (exact) mass is 347 g/mol. The second-order valence-corrected chi connectivity index (χ2v) is 6.01. The summed E-state index contributed by atoms with van der Waals surface area (Å²) < 4.78 is 44.8. The van der Waals surface area contributed by atoms with Gasteiger partial charge in [0.25, 0.3) is 5.91 Å². The molecule has 1 aromatic heterocycles. The van der Waals surface area contributed by atoms with Crippen LogP contribution in [-0.2, 0) is 6.18 Å². The number of halogens is 3. The van der Waals surface area contributed by atoms with Crippen molar-refractivity contribution < 1.29 is 22.4 Å². The average Bonchev–Trinajstić information content (AvgIpc) is 2.83. The molecule has 1 N–H and O–H groups in total. The van der Waals surface area contributed by atoms with E-state index in [1.807, 2.05) is 19.9 Å². The van der Waals surface area contributed by atoms with Crippen LogP contribution in [0.1, 0.15) is 32.8 Å². The number of rotatable bonds is 2. The number of anilines is 1. The van der Waals surface area contributed by atoms with Gasteiger partial charge in [-0.25, -0.2) is 0 Å². The molecule has 3 aromatic rings. The number of amides is 1. The molecule has 0 atom stereocenters. The molecule has 3 nitrogen and oxygen atoms in total. The first-order valence-electron chi connectivity index (χ1n) is 7.66. The summed E-state index contributed by atoms with van der Waals surface area (Å²) >= 11 is 0. The summed E-state index contributed by atoms with van der Waals surface area (Å²) in [6.45, 7) is 5.53. The second kappa shape index (κ2) is 5.95. The van der Waals surface area contributed by atoms with Gasteiger partial charge in [-0.3, -0.25) is 4.79 Å². The first-order chi connectivity index (χ1) is 11.7. The standard InChI is InChI=1S/C19H16F3NO2/c1-10-8-11(2)16-12(3)17(25-15(16)9-10)18(24)23-14-7-5-4-6-13(14)19(20,21)22/h4-9H,1-3H3,(H,23,24). The Balaban J connectivity index is 2.02. The number of furan rings is 1. The van der Waals surface area contributed by atoms with Crippen LogP contribution in [0.25, 0.3) is 11.0 Å². The maximum atomic E-state index is 13.1. The van der Waals surface area contributed by atoms with Crippen LogP contribution in [0.15, 0.2) is 40.8 Å². The van der Waals surface area contributed by atoms with Crippen molar-refractivity contribution in [1.82, 2.24) is 0 Å². The number of benzene rings is 2. The first kappa shape index (κ1) is 17.1. The Kier molecular flexibility index (Phi) is 4.06. The van der Waals surface area contributed by atoms with E-state index in [0.717, 1.165) is 22.6 Å². The van der Waals surface area contributed by atoms with Gasteiger partial charge in [0.1, 0.15) is 5.58 Å². The van der Waals surface area contributed by atoms with Crippen LogP contribution in [0.5, 0.6) is 0 Å². The van der Waals surface area contributed by atoms with E-state index in [4.69, 9.17) is 4.42 Å². The highest BCUT2D eigenvalue weighted by Crippen LogP contribution is 2.35. The molecule has 0 fully saturated rings. The fraction of sp³-hybridized carbons (Fsp3) is 0.211. The summed E-state index contributed by atoms with van der Waals surface area (Å²) in [5.41, 5.74) is 1.88. The number of fused-ring (bicyclic) bond motifs is 1. The maximum absolute atomic E-state index is 13.1. The van der Waals surface area contributed by atoms with Crippen molar-refractivity contribution in [2.75, 3.05) is 5.32 Å². The smallest absolute Gasteiger partial charge is 0.418 e. The highest BCUT2D eigenvalue weighted by atomic mass is 19.4. The number of hydrogen-bond acceptors (Lipinski definition) is 2. The molecule has 130 valence electrons. The molecule has 0 aliphatic heterocycles. The molecule has 0 bridgehead atoms. The molecule has 2 aromatic carbocycles. The molecule has 0 spiro atoms. The van der Waals surface area contributed by atoms with Gasteiger partial charge in [0.2, 0.25) is 0 Å². The molecule has 0 aliphatic carbocycles.